The van der Waals surface area contributed by atoms with Crippen LogP contribution >= 0.6 is 0 Å². The Balaban J connectivity index is 1.72. The van der Waals surface area contributed by atoms with E-state index in [1.807, 2.05) is 12.2 Å². The molecule has 0 saturated heterocycles. The average Bonchev–Trinajstić information content (AvgIpc) is 2.88. The highest BCUT2D eigenvalue weighted by Crippen LogP contribution is 2.15. The summed E-state index contributed by atoms with van der Waals surface area (Å²) >= 11 is 0. The van der Waals surface area contributed by atoms with Gasteiger partial charge in [0.05, 0.1) is 5.92 Å². The maximum atomic E-state index is 11.7. The number of rotatable bonds is 4. The molecule has 0 bridgehead atoms. The lowest BCUT2D eigenvalue weighted by Crippen LogP contribution is -2.32. The number of nitrogens with two attached hydrogens (primary N) is 1. The van der Waals surface area contributed by atoms with Crippen molar-refractivity contribution in [1.82, 2.24) is 15.5 Å². The molecule has 17 heavy (non-hydrogen) atoms. The van der Waals surface area contributed by atoms with Crippen LogP contribution in [0, 0.1) is 12.8 Å². The van der Waals surface area contributed by atoms with Crippen LogP contribution in [-0.2, 0) is 11.2 Å². The quantitative estimate of drug-likeness (QED) is 0.714. The van der Waals surface area contributed by atoms with E-state index in [1.54, 1.807) is 6.92 Å². The van der Waals surface area contributed by atoms with E-state index in [0.717, 1.165) is 0 Å². The van der Waals surface area contributed by atoms with Gasteiger partial charge in [0.1, 0.15) is 0 Å². The molecule has 2 unspecified atom stereocenters. The lowest BCUT2D eigenvalue weighted by molar-refractivity contribution is -0.123. The Morgan fingerprint density at radius 1 is 1.65 bits per heavy atom. The summed E-state index contributed by atoms with van der Waals surface area (Å²) in [6.07, 6.45) is 4.99. The third-order valence-corrected chi connectivity index (χ3v) is 2.67. The highest BCUT2D eigenvalue weighted by atomic mass is 16.5. The Morgan fingerprint density at radius 3 is 3.06 bits per heavy atom. The van der Waals surface area contributed by atoms with Crippen molar-refractivity contribution in [2.45, 2.75) is 25.8 Å². The molecule has 1 aliphatic rings. The molecule has 0 aromatic carbocycles. The van der Waals surface area contributed by atoms with E-state index in [0.29, 0.717) is 31.1 Å². The molecule has 0 radical (unpaired) electrons. The van der Waals surface area contributed by atoms with Crippen molar-refractivity contribution in [3.63, 3.8) is 0 Å². The first-order valence-corrected chi connectivity index (χ1v) is 5.66. The second-order valence-corrected chi connectivity index (χ2v) is 4.16. The van der Waals surface area contributed by atoms with Crippen molar-refractivity contribution in [2.24, 2.45) is 11.7 Å². The smallest absolute Gasteiger partial charge is 0.227 e. The summed E-state index contributed by atoms with van der Waals surface area (Å²) in [7, 11) is 0. The number of aryl methyl sites for hydroxylation is 1. The molecule has 1 heterocycles. The van der Waals surface area contributed by atoms with Gasteiger partial charge in [0, 0.05) is 25.9 Å². The molecule has 1 aromatic heterocycles. The van der Waals surface area contributed by atoms with E-state index in [1.165, 1.54) is 0 Å². The van der Waals surface area contributed by atoms with Gasteiger partial charge in [-0.3, -0.25) is 4.79 Å². The molecule has 6 nitrogen and oxygen atoms in total. The summed E-state index contributed by atoms with van der Waals surface area (Å²) in [6.45, 7) is 2.25. The zero-order valence-corrected chi connectivity index (χ0v) is 9.72. The van der Waals surface area contributed by atoms with Crippen LogP contribution in [-0.4, -0.2) is 28.6 Å². The maximum absolute atomic E-state index is 11.7. The number of aromatic nitrogens is 2. The van der Waals surface area contributed by atoms with Crippen LogP contribution < -0.4 is 11.1 Å². The van der Waals surface area contributed by atoms with Gasteiger partial charge in [-0.25, -0.2) is 0 Å². The molecular weight excluding hydrogens is 220 g/mol. The predicted molar refractivity (Wildman–Crippen MR) is 61.0 cm³/mol. The molecule has 2 rings (SSSR count). The van der Waals surface area contributed by atoms with E-state index in [4.69, 9.17) is 10.3 Å². The fourth-order valence-corrected chi connectivity index (χ4v) is 1.79. The lowest BCUT2D eigenvalue weighted by atomic mass is 10.1. The third kappa shape index (κ3) is 3.13. The highest BCUT2D eigenvalue weighted by Gasteiger charge is 2.22. The molecule has 0 spiro atoms. The number of amides is 1. The Morgan fingerprint density at radius 2 is 2.47 bits per heavy atom. The van der Waals surface area contributed by atoms with Gasteiger partial charge < -0.3 is 15.6 Å². The van der Waals surface area contributed by atoms with E-state index < -0.39 is 0 Å². The van der Waals surface area contributed by atoms with Crippen LogP contribution in [0.5, 0.6) is 0 Å². The van der Waals surface area contributed by atoms with E-state index in [-0.39, 0.29) is 17.9 Å². The molecule has 6 heteroatoms. The van der Waals surface area contributed by atoms with Crippen LogP contribution in [0.2, 0.25) is 0 Å². The number of nitrogens with one attached hydrogen (secondary N) is 1. The molecule has 0 saturated carbocycles. The second-order valence-electron chi connectivity index (χ2n) is 4.16. The molecule has 1 amide bonds. The maximum Gasteiger partial charge on any atom is 0.227 e. The number of carbonyl (C=O) groups is 1. The summed E-state index contributed by atoms with van der Waals surface area (Å²) in [4.78, 5) is 15.8. The van der Waals surface area contributed by atoms with Crippen molar-refractivity contribution < 1.29 is 9.32 Å². The molecule has 0 fully saturated rings. The van der Waals surface area contributed by atoms with Crippen LogP contribution in [0.4, 0.5) is 0 Å². The van der Waals surface area contributed by atoms with Gasteiger partial charge in [0.15, 0.2) is 5.82 Å². The zero-order chi connectivity index (χ0) is 12.3. The first-order chi connectivity index (χ1) is 8.15. The van der Waals surface area contributed by atoms with Gasteiger partial charge in [-0.2, -0.15) is 4.98 Å². The monoisotopic (exact) mass is 236 g/mol. The molecule has 0 aliphatic heterocycles. The Hall–Kier alpha value is -1.69. The van der Waals surface area contributed by atoms with Crippen LogP contribution in [0.25, 0.3) is 0 Å². The van der Waals surface area contributed by atoms with Crippen molar-refractivity contribution in [3.05, 3.63) is 23.9 Å². The van der Waals surface area contributed by atoms with Gasteiger partial charge in [-0.15, -0.1) is 0 Å². The minimum atomic E-state index is -0.1000. The summed E-state index contributed by atoms with van der Waals surface area (Å²) in [5, 5.41) is 6.59. The molecule has 1 aromatic rings. The largest absolute Gasteiger partial charge is 0.355 e. The van der Waals surface area contributed by atoms with E-state index in [2.05, 4.69) is 15.5 Å². The second kappa shape index (κ2) is 5.09. The number of hydrogen-bond donors (Lipinski definition) is 2. The summed E-state index contributed by atoms with van der Waals surface area (Å²) in [6, 6.07) is 0.00519. The molecular formula is C11H16N4O2. The van der Waals surface area contributed by atoms with Crippen molar-refractivity contribution in [3.8, 4) is 0 Å². The van der Waals surface area contributed by atoms with Crippen molar-refractivity contribution in [1.29, 1.82) is 0 Å². The fraction of sp³-hybridized carbons (Fsp3) is 0.545. The molecule has 2 atom stereocenters. The summed E-state index contributed by atoms with van der Waals surface area (Å²) in [5.41, 5.74) is 5.69. The van der Waals surface area contributed by atoms with Gasteiger partial charge in [0.25, 0.3) is 0 Å². The van der Waals surface area contributed by atoms with Crippen LogP contribution in [0.15, 0.2) is 16.7 Å². The number of hydrogen-bond acceptors (Lipinski definition) is 5. The van der Waals surface area contributed by atoms with Gasteiger partial charge in [-0.1, -0.05) is 17.3 Å². The lowest BCUT2D eigenvalue weighted by Gasteiger charge is -2.09. The zero-order valence-electron chi connectivity index (χ0n) is 9.72. The van der Waals surface area contributed by atoms with Crippen molar-refractivity contribution in [2.75, 3.05) is 6.54 Å². The molecule has 3 N–H and O–H groups in total. The Bertz CT molecular complexity index is 427. The van der Waals surface area contributed by atoms with Gasteiger partial charge in [0.2, 0.25) is 11.8 Å². The first-order valence-electron chi connectivity index (χ1n) is 5.66. The normalized spacial score (nSPS) is 22.9. The topological polar surface area (TPSA) is 94.0 Å². The van der Waals surface area contributed by atoms with E-state index in [9.17, 15) is 4.79 Å². The minimum Gasteiger partial charge on any atom is -0.355 e. The highest BCUT2D eigenvalue weighted by molar-refractivity contribution is 5.81. The van der Waals surface area contributed by atoms with Gasteiger partial charge >= 0.3 is 0 Å². The fourth-order valence-electron chi connectivity index (χ4n) is 1.79. The molecule has 1 aliphatic carbocycles. The summed E-state index contributed by atoms with van der Waals surface area (Å²) in [5.74, 6) is 1.06. The van der Waals surface area contributed by atoms with E-state index >= 15 is 0 Å². The SMILES string of the molecule is Cc1nc(CCNC(=O)C2C=CC(N)C2)no1. The minimum absolute atomic E-state index is 0.00519. The van der Waals surface area contributed by atoms with Crippen molar-refractivity contribution >= 4 is 5.91 Å². The van der Waals surface area contributed by atoms with Crippen LogP contribution in [0.1, 0.15) is 18.1 Å². The summed E-state index contributed by atoms with van der Waals surface area (Å²) < 4.78 is 4.83. The first kappa shape index (κ1) is 11.8. The predicted octanol–water partition coefficient (Wildman–Crippen LogP) is -0.0599. The number of carbonyl (C=O) groups excluding carboxylic acids is 1. The average molecular weight is 236 g/mol. The number of nitrogens with zero attached hydrogens (tertiary/aromatic N) is 2. The Labute approximate surface area is 99.3 Å². The molecule has 92 valence electrons. The standard InChI is InChI=1S/C11H16N4O2/c1-7-14-10(15-17-7)4-5-13-11(16)8-2-3-9(12)6-8/h2-3,8-9H,4-6,12H2,1H3,(H,13,16). The van der Waals surface area contributed by atoms with Gasteiger partial charge in [-0.05, 0) is 6.42 Å². The van der Waals surface area contributed by atoms with Crippen LogP contribution in [0.3, 0.4) is 0 Å². The third-order valence-electron chi connectivity index (χ3n) is 2.67. The Kier molecular flexibility index (Phi) is 3.53.